The van der Waals surface area contributed by atoms with Crippen LogP contribution in [0.5, 0.6) is 5.75 Å². The molecule has 0 saturated heterocycles. The number of benzene rings is 1. The van der Waals surface area contributed by atoms with Crippen molar-refractivity contribution in [3.63, 3.8) is 0 Å². The number of carbonyl (C=O) groups is 1. The molecule has 1 aromatic carbocycles. The van der Waals surface area contributed by atoms with Crippen LogP contribution in [-0.4, -0.2) is 30.5 Å². The summed E-state index contributed by atoms with van der Waals surface area (Å²) in [4.78, 5) is 13.6. The number of likely N-dealkylation sites (N-methyl/N-ethyl adjacent to an activating group) is 1. The van der Waals surface area contributed by atoms with Crippen molar-refractivity contribution in [1.29, 1.82) is 0 Å². The third-order valence-electron chi connectivity index (χ3n) is 2.64. The van der Waals surface area contributed by atoms with Crippen LogP contribution in [0.4, 0.5) is 0 Å². The Kier molecular flexibility index (Phi) is 4.97. The van der Waals surface area contributed by atoms with Crippen LogP contribution < -0.4 is 10.5 Å². The van der Waals surface area contributed by atoms with E-state index in [-0.39, 0.29) is 5.91 Å². The van der Waals surface area contributed by atoms with Crippen LogP contribution >= 0.6 is 0 Å². The predicted octanol–water partition coefficient (Wildman–Crippen LogP) is 1.39. The number of methoxy groups -OCH3 is 1. The highest BCUT2D eigenvalue weighted by molar-refractivity contribution is 5.81. The average Bonchev–Trinajstić information content (AvgIpc) is 2.35. The number of para-hydroxylation sites is 1. The zero-order chi connectivity index (χ0) is 12.8. The Balaban J connectivity index is 2.84. The van der Waals surface area contributed by atoms with Gasteiger partial charge in [0, 0.05) is 18.7 Å². The van der Waals surface area contributed by atoms with Crippen molar-refractivity contribution in [2.75, 3.05) is 13.7 Å². The average molecular weight is 236 g/mol. The summed E-state index contributed by atoms with van der Waals surface area (Å²) in [5.74, 6) is 0.752. The molecule has 1 rings (SSSR count). The van der Waals surface area contributed by atoms with Crippen molar-refractivity contribution >= 4 is 5.91 Å². The SMILES string of the molecule is CCN(Cc1ccccc1OC)C(=O)C(C)N. The van der Waals surface area contributed by atoms with Gasteiger partial charge < -0.3 is 15.4 Å². The van der Waals surface area contributed by atoms with Gasteiger partial charge in [0.25, 0.3) is 0 Å². The molecule has 0 aliphatic heterocycles. The van der Waals surface area contributed by atoms with Gasteiger partial charge in [0.1, 0.15) is 5.75 Å². The molecule has 1 aromatic rings. The quantitative estimate of drug-likeness (QED) is 0.840. The Bertz CT molecular complexity index is 377. The largest absolute Gasteiger partial charge is 0.496 e. The van der Waals surface area contributed by atoms with Crippen molar-refractivity contribution in [1.82, 2.24) is 4.90 Å². The lowest BCUT2D eigenvalue weighted by molar-refractivity contribution is -0.132. The van der Waals surface area contributed by atoms with Crippen LogP contribution in [0.1, 0.15) is 19.4 Å². The van der Waals surface area contributed by atoms with E-state index in [0.717, 1.165) is 11.3 Å². The van der Waals surface area contributed by atoms with Crippen LogP contribution in [-0.2, 0) is 11.3 Å². The van der Waals surface area contributed by atoms with Gasteiger partial charge in [-0.1, -0.05) is 18.2 Å². The van der Waals surface area contributed by atoms with Crippen molar-refractivity contribution in [3.8, 4) is 5.75 Å². The minimum atomic E-state index is -0.468. The van der Waals surface area contributed by atoms with Crippen LogP contribution in [0.25, 0.3) is 0 Å². The molecule has 0 aromatic heterocycles. The lowest BCUT2D eigenvalue weighted by atomic mass is 10.1. The molecule has 0 spiro atoms. The van der Waals surface area contributed by atoms with Gasteiger partial charge in [-0.15, -0.1) is 0 Å². The first-order valence-corrected chi connectivity index (χ1v) is 5.76. The first-order chi connectivity index (χ1) is 8.10. The summed E-state index contributed by atoms with van der Waals surface area (Å²) in [5.41, 5.74) is 6.61. The predicted molar refractivity (Wildman–Crippen MR) is 67.7 cm³/mol. The number of hydrogen-bond donors (Lipinski definition) is 1. The molecular formula is C13H20N2O2. The number of nitrogens with zero attached hydrogens (tertiary/aromatic N) is 1. The maximum Gasteiger partial charge on any atom is 0.239 e. The smallest absolute Gasteiger partial charge is 0.239 e. The van der Waals surface area contributed by atoms with Crippen LogP contribution in [0, 0.1) is 0 Å². The standard InChI is InChI=1S/C13H20N2O2/c1-4-15(13(16)10(2)14)9-11-7-5-6-8-12(11)17-3/h5-8,10H,4,9,14H2,1-3H3. The van der Waals surface area contributed by atoms with Gasteiger partial charge in [0.05, 0.1) is 13.2 Å². The monoisotopic (exact) mass is 236 g/mol. The zero-order valence-corrected chi connectivity index (χ0v) is 10.6. The van der Waals surface area contributed by atoms with Gasteiger partial charge in [-0.05, 0) is 19.9 Å². The molecule has 0 bridgehead atoms. The molecule has 0 radical (unpaired) electrons. The van der Waals surface area contributed by atoms with Gasteiger partial charge in [-0.2, -0.15) is 0 Å². The highest BCUT2D eigenvalue weighted by Gasteiger charge is 2.17. The van der Waals surface area contributed by atoms with Crippen molar-refractivity contribution < 1.29 is 9.53 Å². The molecular weight excluding hydrogens is 216 g/mol. The molecule has 1 amide bonds. The topological polar surface area (TPSA) is 55.6 Å². The number of nitrogens with two attached hydrogens (primary N) is 1. The minimum absolute atomic E-state index is 0.0431. The lowest BCUT2D eigenvalue weighted by Gasteiger charge is -2.23. The van der Waals surface area contributed by atoms with E-state index in [9.17, 15) is 4.79 Å². The molecule has 0 aliphatic rings. The van der Waals surface area contributed by atoms with E-state index in [2.05, 4.69) is 0 Å². The lowest BCUT2D eigenvalue weighted by Crippen LogP contribution is -2.41. The van der Waals surface area contributed by atoms with E-state index in [1.165, 1.54) is 0 Å². The fraction of sp³-hybridized carbons (Fsp3) is 0.462. The molecule has 1 unspecified atom stereocenters. The molecule has 2 N–H and O–H groups in total. The Morgan fingerprint density at radius 3 is 2.65 bits per heavy atom. The number of ether oxygens (including phenoxy) is 1. The molecule has 0 heterocycles. The van der Waals surface area contributed by atoms with E-state index >= 15 is 0 Å². The van der Waals surface area contributed by atoms with Crippen molar-refractivity contribution in [2.24, 2.45) is 5.73 Å². The Labute approximate surface area is 102 Å². The second kappa shape index (κ2) is 6.25. The molecule has 1 atom stereocenters. The maximum atomic E-state index is 11.8. The van der Waals surface area contributed by atoms with Gasteiger partial charge in [-0.25, -0.2) is 0 Å². The number of carbonyl (C=O) groups excluding carboxylic acids is 1. The molecule has 4 heteroatoms. The summed E-state index contributed by atoms with van der Waals surface area (Å²) >= 11 is 0. The number of hydrogen-bond acceptors (Lipinski definition) is 3. The van der Waals surface area contributed by atoms with Gasteiger partial charge in [0.2, 0.25) is 5.91 Å². The molecule has 0 saturated carbocycles. The molecule has 94 valence electrons. The van der Waals surface area contributed by atoms with Crippen LogP contribution in [0.2, 0.25) is 0 Å². The highest BCUT2D eigenvalue weighted by atomic mass is 16.5. The Hall–Kier alpha value is -1.55. The van der Waals surface area contributed by atoms with Crippen LogP contribution in [0.15, 0.2) is 24.3 Å². The summed E-state index contributed by atoms with van der Waals surface area (Å²) in [6.07, 6.45) is 0. The summed E-state index contributed by atoms with van der Waals surface area (Å²) in [7, 11) is 1.63. The summed E-state index contributed by atoms with van der Waals surface area (Å²) in [6.45, 7) is 4.81. The van der Waals surface area contributed by atoms with Crippen LogP contribution in [0.3, 0.4) is 0 Å². The van der Waals surface area contributed by atoms with E-state index in [1.807, 2.05) is 31.2 Å². The normalized spacial score (nSPS) is 12.0. The molecule has 4 nitrogen and oxygen atoms in total. The summed E-state index contributed by atoms with van der Waals surface area (Å²) < 4.78 is 5.26. The fourth-order valence-corrected chi connectivity index (χ4v) is 1.67. The maximum absolute atomic E-state index is 11.8. The highest BCUT2D eigenvalue weighted by Crippen LogP contribution is 2.19. The van der Waals surface area contributed by atoms with Gasteiger partial charge >= 0.3 is 0 Å². The van der Waals surface area contributed by atoms with E-state index in [4.69, 9.17) is 10.5 Å². The molecule has 0 fully saturated rings. The molecule has 0 aliphatic carbocycles. The minimum Gasteiger partial charge on any atom is -0.496 e. The second-order valence-corrected chi connectivity index (χ2v) is 3.95. The summed E-state index contributed by atoms with van der Waals surface area (Å²) in [6, 6.07) is 7.22. The van der Waals surface area contributed by atoms with Gasteiger partial charge in [0.15, 0.2) is 0 Å². The Morgan fingerprint density at radius 2 is 2.12 bits per heavy atom. The zero-order valence-electron chi connectivity index (χ0n) is 10.6. The third-order valence-corrected chi connectivity index (χ3v) is 2.64. The fourth-order valence-electron chi connectivity index (χ4n) is 1.67. The molecule has 17 heavy (non-hydrogen) atoms. The van der Waals surface area contributed by atoms with E-state index in [1.54, 1.807) is 18.9 Å². The first kappa shape index (κ1) is 13.5. The van der Waals surface area contributed by atoms with Crippen molar-refractivity contribution in [2.45, 2.75) is 26.4 Å². The van der Waals surface area contributed by atoms with E-state index < -0.39 is 6.04 Å². The Morgan fingerprint density at radius 1 is 1.47 bits per heavy atom. The van der Waals surface area contributed by atoms with Gasteiger partial charge in [-0.3, -0.25) is 4.79 Å². The first-order valence-electron chi connectivity index (χ1n) is 5.76. The van der Waals surface area contributed by atoms with Crippen molar-refractivity contribution in [3.05, 3.63) is 29.8 Å². The number of amides is 1. The summed E-state index contributed by atoms with van der Waals surface area (Å²) in [5, 5.41) is 0. The van der Waals surface area contributed by atoms with E-state index in [0.29, 0.717) is 13.1 Å². The number of rotatable bonds is 5. The third kappa shape index (κ3) is 3.46. The second-order valence-electron chi connectivity index (χ2n) is 3.95.